The minimum Gasteiger partial charge on any atom is -0.318 e. The molecule has 0 atom stereocenters. The molecular weight excluding hydrogens is 512 g/mol. The zero-order valence-corrected chi connectivity index (χ0v) is 20.3. The first kappa shape index (κ1) is 23.9. The third kappa shape index (κ3) is 4.57. The van der Waals surface area contributed by atoms with Crippen LogP contribution in [0.3, 0.4) is 0 Å². The van der Waals surface area contributed by atoms with Crippen LogP contribution in [0.25, 0.3) is 11.8 Å². The quantitative estimate of drug-likeness (QED) is 0.257. The summed E-state index contributed by atoms with van der Waals surface area (Å²) >= 11 is 18.7. The number of anilines is 1. The van der Waals surface area contributed by atoms with E-state index in [0.29, 0.717) is 41.9 Å². The van der Waals surface area contributed by atoms with Gasteiger partial charge in [-0.1, -0.05) is 53.2 Å². The Morgan fingerprint density at radius 3 is 2.45 bits per heavy atom. The summed E-state index contributed by atoms with van der Waals surface area (Å²) in [5, 5.41) is 0.731. The Labute approximate surface area is 207 Å². The van der Waals surface area contributed by atoms with E-state index >= 15 is 0 Å². The highest BCUT2D eigenvalue weighted by Crippen LogP contribution is 2.40. The van der Waals surface area contributed by atoms with Crippen LogP contribution in [0.15, 0.2) is 53.4 Å². The van der Waals surface area contributed by atoms with Crippen LogP contribution in [0, 0.1) is 13.8 Å². The molecule has 1 fully saturated rings. The van der Waals surface area contributed by atoms with Crippen LogP contribution in [0.5, 0.6) is 0 Å². The Kier molecular flexibility index (Phi) is 6.39. The summed E-state index contributed by atoms with van der Waals surface area (Å²) in [6.07, 6.45) is -2.75. The Morgan fingerprint density at radius 1 is 1.06 bits per heavy atom. The second-order valence-electron chi connectivity index (χ2n) is 7.32. The summed E-state index contributed by atoms with van der Waals surface area (Å²) in [7, 11) is 0. The van der Waals surface area contributed by atoms with Gasteiger partial charge >= 0.3 is 6.18 Å². The number of nitrogens with zero attached hydrogens (tertiary/aromatic N) is 2. The minimum absolute atomic E-state index is 0.294. The molecule has 33 heavy (non-hydrogen) atoms. The molecule has 0 saturated carbocycles. The van der Waals surface area contributed by atoms with Crippen molar-refractivity contribution in [3.8, 4) is 5.69 Å². The lowest BCUT2D eigenvalue weighted by Gasteiger charge is -2.16. The molecule has 1 aliphatic rings. The van der Waals surface area contributed by atoms with Gasteiger partial charge in [0.05, 0.1) is 21.2 Å². The van der Waals surface area contributed by atoms with Crippen molar-refractivity contribution in [2.75, 3.05) is 4.90 Å². The zero-order chi connectivity index (χ0) is 24.1. The molecule has 0 N–H and O–H groups in total. The van der Waals surface area contributed by atoms with Gasteiger partial charge in [0.2, 0.25) is 0 Å². The fourth-order valence-corrected chi connectivity index (χ4v) is 5.40. The fraction of sp³-hybridized carbons (Fsp3) is 0.130. The monoisotopic (exact) mass is 526 g/mol. The van der Waals surface area contributed by atoms with E-state index < -0.39 is 11.7 Å². The van der Waals surface area contributed by atoms with Crippen LogP contribution >= 0.6 is 47.2 Å². The molecule has 1 saturated heterocycles. The van der Waals surface area contributed by atoms with Crippen LogP contribution in [0.1, 0.15) is 22.5 Å². The third-order valence-electron chi connectivity index (χ3n) is 5.13. The largest absolute Gasteiger partial charge is 0.416 e. The first-order valence-corrected chi connectivity index (χ1v) is 11.5. The van der Waals surface area contributed by atoms with Gasteiger partial charge in [0.1, 0.15) is 0 Å². The summed E-state index contributed by atoms with van der Waals surface area (Å²) in [4.78, 5) is 14.8. The van der Waals surface area contributed by atoms with E-state index in [1.807, 2.05) is 6.07 Å². The summed E-state index contributed by atoms with van der Waals surface area (Å²) < 4.78 is 41.6. The topological polar surface area (TPSA) is 25.2 Å². The number of thioether (sulfide) groups is 1. The van der Waals surface area contributed by atoms with E-state index in [2.05, 4.69) is 0 Å². The number of rotatable bonds is 3. The van der Waals surface area contributed by atoms with E-state index in [-0.39, 0.29) is 5.91 Å². The molecule has 0 spiro atoms. The van der Waals surface area contributed by atoms with Crippen molar-refractivity contribution >= 4 is 69.2 Å². The molecule has 1 amide bonds. The van der Waals surface area contributed by atoms with Crippen molar-refractivity contribution in [3.05, 3.63) is 86.0 Å². The number of aromatic nitrogens is 1. The summed E-state index contributed by atoms with van der Waals surface area (Å²) in [6.45, 7) is 3.58. The maximum Gasteiger partial charge on any atom is 0.416 e. The van der Waals surface area contributed by atoms with E-state index in [9.17, 15) is 18.0 Å². The maximum atomic E-state index is 13.2. The van der Waals surface area contributed by atoms with E-state index in [1.54, 1.807) is 42.7 Å². The lowest BCUT2D eigenvalue weighted by Crippen LogP contribution is -2.27. The van der Waals surface area contributed by atoms with Gasteiger partial charge in [-0.3, -0.25) is 9.69 Å². The van der Waals surface area contributed by atoms with Gasteiger partial charge in [0.25, 0.3) is 5.91 Å². The number of thiocarbonyl (C=S) groups is 1. The number of hydrogen-bond acceptors (Lipinski definition) is 3. The number of carbonyl (C=O) groups excluding carboxylic acids is 1. The van der Waals surface area contributed by atoms with E-state index in [4.69, 9.17) is 35.4 Å². The molecule has 1 aromatic heterocycles. The standard InChI is InChI=1S/C23H15Cl2F3N2OS2/c1-12-8-14(13(2)29(12)17-5-3-4-15(10-17)23(26,27)28)9-20-21(31)30(22(32)33-20)19-7-6-16(24)11-18(19)25/h3-11H,1-2H3/b20-9+. The number of aryl methyl sites for hydroxylation is 1. The molecule has 170 valence electrons. The zero-order valence-electron chi connectivity index (χ0n) is 17.2. The third-order valence-corrected chi connectivity index (χ3v) is 6.97. The molecule has 3 aromatic rings. The van der Waals surface area contributed by atoms with Crippen LogP contribution in [0.4, 0.5) is 18.9 Å². The van der Waals surface area contributed by atoms with Gasteiger partial charge in [-0.05, 0) is 68.0 Å². The number of carbonyl (C=O) groups is 1. The molecule has 4 rings (SSSR count). The molecule has 0 unspecified atom stereocenters. The van der Waals surface area contributed by atoms with Crippen molar-refractivity contribution in [1.82, 2.24) is 4.57 Å². The van der Waals surface area contributed by atoms with Crippen molar-refractivity contribution in [2.45, 2.75) is 20.0 Å². The van der Waals surface area contributed by atoms with Gasteiger partial charge in [-0.25, -0.2) is 0 Å². The highest BCUT2D eigenvalue weighted by molar-refractivity contribution is 8.27. The Morgan fingerprint density at radius 2 is 1.79 bits per heavy atom. The van der Waals surface area contributed by atoms with E-state index in [0.717, 1.165) is 29.6 Å². The second-order valence-corrected chi connectivity index (χ2v) is 9.84. The minimum atomic E-state index is -4.44. The van der Waals surface area contributed by atoms with E-state index in [1.165, 1.54) is 17.0 Å². The maximum absolute atomic E-state index is 13.2. The predicted molar refractivity (Wildman–Crippen MR) is 132 cm³/mol. The van der Waals surface area contributed by atoms with Crippen LogP contribution in [-0.2, 0) is 11.0 Å². The molecule has 2 heterocycles. The van der Waals surface area contributed by atoms with Crippen molar-refractivity contribution < 1.29 is 18.0 Å². The van der Waals surface area contributed by atoms with Gasteiger partial charge in [0, 0.05) is 22.1 Å². The Bertz CT molecular complexity index is 1330. The van der Waals surface area contributed by atoms with Crippen LogP contribution < -0.4 is 4.90 Å². The number of halogens is 5. The predicted octanol–water partition coefficient (Wildman–Crippen LogP) is 7.83. The molecule has 1 aliphatic heterocycles. The van der Waals surface area contributed by atoms with Gasteiger partial charge in [-0.2, -0.15) is 13.2 Å². The molecule has 0 bridgehead atoms. The summed E-state index contributed by atoms with van der Waals surface area (Å²) in [5.41, 5.74) is 2.22. The van der Waals surface area contributed by atoms with Gasteiger partial charge in [0.15, 0.2) is 4.32 Å². The number of hydrogen-bond donors (Lipinski definition) is 0. The molecular formula is C23H15Cl2F3N2OS2. The second kappa shape index (κ2) is 8.83. The Balaban J connectivity index is 1.71. The molecule has 0 radical (unpaired) electrons. The van der Waals surface area contributed by atoms with Gasteiger partial charge in [-0.15, -0.1) is 0 Å². The molecule has 3 nitrogen and oxygen atoms in total. The number of amides is 1. The summed E-state index contributed by atoms with van der Waals surface area (Å²) in [6, 6.07) is 11.7. The number of alkyl halides is 3. The van der Waals surface area contributed by atoms with Gasteiger partial charge < -0.3 is 4.57 Å². The lowest BCUT2D eigenvalue weighted by molar-refractivity contribution is -0.137. The fourth-order valence-electron chi connectivity index (χ4n) is 3.63. The van der Waals surface area contributed by atoms with Crippen molar-refractivity contribution in [1.29, 1.82) is 0 Å². The van der Waals surface area contributed by atoms with Crippen molar-refractivity contribution in [3.63, 3.8) is 0 Å². The van der Waals surface area contributed by atoms with Crippen LogP contribution in [-0.4, -0.2) is 14.8 Å². The average molecular weight is 527 g/mol. The highest BCUT2D eigenvalue weighted by atomic mass is 35.5. The first-order chi connectivity index (χ1) is 15.5. The normalized spacial score (nSPS) is 15.7. The van der Waals surface area contributed by atoms with Crippen LogP contribution in [0.2, 0.25) is 10.0 Å². The van der Waals surface area contributed by atoms with Crippen molar-refractivity contribution in [2.24, 2.45) is 0 Å². The average Bonchev–Trinajstić information content (AvgIpc) is 3.16. The molecule has 0 aliphatic carbocycles. The summed E-state index contributed by atoms with van der Waals surface area (Å²) in [5.74, 6) is -0.335. The highest BCUT2D eigenvalue weighted by Gasteiger charge is 2.35. The smallest absolute Gasteiger partial charge is 0.318 e. The lowest BCUT2D eigenvalue weighted by atomic mass is 10.2. The molecule has 10 heteroatoms. The molecule has 2 aromatic carbocycles. The number of benzene rings is 2. The Hall–Kier alpha value is -2.26. The first-order valence-electron chi connectivity index (χ1n) is 9.57. The SMILES string of the molecule is Cc1cc(/C=C2/SC(=S)N(c3ccc(Cl)cc3Cl)C2=O)c(C)n1-c1cccc(C(F)(F)F)c1.